The number of fused-ring (bicyclic) bond motifs is 5. The smallest absolute Gasteiger partial charge is 0.404 e. The second-order valence-corrected chi connectivity index (χ2v) is 20.9. The fourth-order valence-corrected chi connectivity index (χ4v) is 11.2. The number of carboxylic acid groups (broad SMARTS) is 3. The summed E-state index contributed by atoms with van der Waals surface area (Å²) < 4.78 is 11.1. The molecule has 7 rings (SSSR count). The van der Waals surface area contributed by atoms with Gasteiger partial charge in [-0.05, 0) is 37.6 Å². The number of carboxylic acids is 3. The Bertz CT molecular complexity index is 3100. The Morgan fingerprint density at radius 2 is 1.63 bits per heavy atom. The maximum absolute atomic E-state index is 14.0. The van der Waals surface area contributed by atoms with Crippen molar-refractivity contribution in [3.63, 3.8) is 0 Å². The summed E-state index contributed by atoms with van der Waals surface area (Å²) in [7, 11) is 3.60. The van der Waals surface area contributed by atoms with Gasteiger partial charge >= 0.3 is 24.0 Å². The number of nitrogen functional groups attached to an aromatic ring is 1. The number of benzene rings is 1. The maximum Gasteiger partial charge on any atom is 0.404 e. The first-order valence-corrected chi connectivity index (χ1v) is 26.5. The van der Waals surface area contributed by atoms with Crippen LogP contribution in [0.1, 0.15) is 42.2 Å². The molecule has 5 heterocycles. The zero-order valence-electron chi connectivity index (χ0n) is 42.0. The molecule has 1 aliphatic carbocycles. The SMILES string of the molecule is CO[C@]12C3N[C@H]3CN1C1=C(C(=O)C(NCCSSC[C@@H](NC(=O)[C@@H](CC(=O)O)NC(=O)[C@H](N)CNC(=O)CC[C@@H](NC(=O)c3ccc(NCc4cnc5nc(N)[nH]c(=O)c5n4)cc3)C(=O)O)C(=O)O)=C(C)C1=O)[C@H]2COC(N)=O. The van der Waals surface area contributed by atoms with E-state index in [0.29, 0.717) is 17.9 Å². The van der Waals surface area contributed by atoms with Crippen LogP contribution in [0.3, 0.4) is 0 Å². The van der Waals surface area contributed by atoms with Gasteiger partial charge < -0.3 is 84.1 Å². The molecule has 5 amide bonds. The first-order valence-electron chi connectivity index (χ1n) is 24.0. The zero-order valence-corrected chi connectivity index (χ0v) is 43.6. The van der Waals surface area contributed by atoms with E-state index in [1.165, 1.54) is 44.5 Å². The molecule has 2 aromatic heterocycles. The lowest BCUT2D eigenvalue weighted by molar-refractivity contribution is -0.143. The van der Waals surface area contributed by atoms with E-state index in [4.69, 9.17) is 26.7 Å². The van der Waals surface area contributed by atoms with Crippen LogP contribution in [-0.2, 0) is 54.4 Å². The van der Waals surface area contributed by atoms with Crippen LogP contribution >= 0.6 is 21.6 Å². The minimum Gasteiger partial charge on any atom is -0.481 e. The lowest BCUT2D eigenvalue weighted by atomic mass is 9.82. The number of rotatable bonds is 28. The Labute approximate surface area is 454 Å². The highest BCUT2D eigenvalue weighted by Crippen LogP contribution is 2.55. The Morgan fingerprint density at radius 1 is 0.924 bits per heavy atom. The summed E-state index contributed by atoms with van der Waals surface area (Å²) in [5, 5.41) is 47.5. The molecular formula is C46H55N15O16S2. The summed E-state index contributed by atoms with van der Waals surface area (Å²) in [6.45, 7) is 1.26. The number of aliphatic carboxylic acids is 3. The van der Waals surface area contributed by atoms with Crippen LogP contribution in [0.15, 0.2) is 57.8 Å². The maximum atomic E-state index is 14.0. The summed E-state index contributed by atoms with van der Waals surface area (Å²) in [6.07, 6.45) is -1.50. The van der Waals surface area contributed by atoms with E-state index in [1.807, 2.05) is 0 Å². The number of primary amides is 1. The van der Waals surface area contributed by atoms with Gasteiger partial charge in [0.25, 0.3) is 11.5 Å². The first kappa shape index (κ1) is 58.3. The molecule has 79 heavy (non-hydrogen) atoms. The van der Waals surface area contributed by atoms with Crippen molar-refractivity contribution in [2.75, 3.05) is 55.9 Å². The number of methoxy groups -OCH3 is 1. The van der Waals surface area contributed by atoms with Crippen molar-refractivity contribution in [1.29, 1.82) is 0 Å². The number of aromatic amines is 1. The van der Waals surface area contributed by atoms with E-state index in [-0.39, 0.29) is 88.5 Å². The predicted octanol–water partition coefficient (Wildman–Crippen LogP) is -3.78. The van der Waals surface area contributed by atoms with Gasteiger partial charge in [-0.3, -0.25) is 43.3 Å². The molecule has 0 radical (unpaired) electrons. The number of amides is 5. The van der Waals surface area contributed by atoms with Crippen molar-refractivity contribution in [3.05, 3.63) is 74.6 Å². The molecule has 0 spiro atoms. The third kappa shape index (κ3) is 13.3. The average Bonchev–Trinajstić information content (AvgIpc) is 4.14. The largest absolute Gasteiger partial charge is 0.481 e. The second-order valence-electron chi connectivity index (χ2n) is 18.2. The highest BCUT2D eigenvalue weighted by molar-refractivity contribution is 8.76. The quantitative estimate of drug-likeness (QED) is 0.0144. The number of nitrogens with zero attached hydrogens (tertiary/aromatic N) is 4. The molecule has 31 nitrogen and oxygen atoms in total. The fraction of sp³-hybridized carbons (Fsp3) is 0.435. The third-order valence-electron chi connectivity index (χ3n) is 13.1. The monoisotopic (exact) mass is 1140 g/mol. The molecule has 8 atom stereocenters. The standard InChI is InChI=1S/C46H55N15O16S2/c1-18-31(35(66)30-22(16-77-45(49)75)46(76-2)36-26(55-36)15-61(46)33(30)34(18)65)50-9-10-78-79-17-27(43(73)74)58-40(69)25(11-29(63)64)57-39(68)23(47)14-52-28(62)8-7-24(42(71)72)56-38(67)19-3-5-20(6-4-19)51-12-21-13-53-37-32(54-21)41(70)60-44(48)59-37/h3-6,13,22-27,36,50-51,55H,7-12,14-17,47H2,1-2H3,(H2,49,75)(H,52,62)(H,56,67)(H,57,68)(H,58,69)(H,63,64)(H,71,72)(H,73,74)(H3,48,53,59,60,70)/t22-,23-,24-,25-,26+,27-,36?,46-/m1/s1. The number of ether oxygens (including phenoxy) is 2. The number of anilines is 2. The van der Waals surface area contributed by atoms with Crippen molar-refractivity contribution in [2.24, 2.45) is 17.4 Å². The number of hydrogen-bond donors (Lipinski definition) is 14. The Balaban J connectivity index is 0.822. The normalized spacial score (nSPS) is 20.4. The van der Waals surface area contributed by atoms with E-state index in [9.17, 15) is 68.1 Å². The molecule has 2 saturated heterocycles. The molecule has 17 N–H and O–H groups in total. The van der Waals surface area contributed by atoms with E-state index in [2.05, 4.69) is 57.2 Å². The number of carbonyl (C=O) groups is 10. The van der Waals surface area contributed by atoms with Gasteiger partial charge in [0.15, 0.2) is 16.9 Å². The molecule has 3 aromatic rings. The van der Waals surface area contributed by atoms with Crippen LogP contribution in [0.4, 0.5) is 16.4 Å². The van der Waals surface area contributed by atoms with Crippen molar-refractivity contribution in [2.45, 2.75) is 74.7 Å². The van der Waals surface area contributed by atoms with E-state index in [1.54, 1.807) is 4.90 Å². The molecule has 33 heteroatoms. The Hall–Kier alpha value is -8.40. The average molecular weight is 1140 g/mol. The van der Waals surface area contributed by atoms with E-state index >= 15 is 0 Å². The third-order valence-corrected chi connectivity index (χ3v) is 15.5. The number of nitrogens with two attached hydrogens (primary N) is 3. The van der Waals surface area contributed by atoms with E-state index < -0.39 is 126 Å². The van der Waals surface area contributed by atoms with Gasteiger partial charge in [-0.1, -0.05) is 21.6 Å². The minimum absolute atomic E-state index is 0.00687. The van der Waals surface area contributed by atoms with Gasteiger partial charge in [-0.2, -0.15) is 4.98 Å². The van der Waals surface area contributed by atoms with Crippen LogP contribution in [0.25, 0.3) is 11.2 Å². The topological polar surface area (TPSA) is 497 Å². The predicted molar refractivity (Wildman–Crippen MR) is 278 cm³/mol. The van der Waals surface area contributed by atoms with Gasteiger partial charge in [-0.15, -0.1) is 0 Å². The van der Waals surface area contributed by atoms with Gasteiger partial charge in [-0.25, -0.2) is 24.4 Å². The van der Waals surface area contributed by atoms with Crippen molar-refractivity contribution in [1.82, 2.24) is 56.7 Å². The zero-order chi connectivity index (χ0) is 57.5. The van der Waals surface area contributed by atoms with Crippen LogP contribution in [-0.4, -0.2) is 186 Å². The lowest BCUT2D eigenvalue weighted by Gasteiger charge is -2.39. The van der Waals surface area contributed by atoms with Gasteiger partial charge in [0.05, 0.1) is 48.2 Å². The number of allylic oxidation sites excluding steroid dienone is 2. The van der Waals surface area contributed by atoms with E-state index in [0.717, 1.165) is 21.6 Å². The summed E-state index contributed by atoms with van der Waals surface area (Å²) in [5.74, 6) is -10.2. The van der Waals surface area contributed by atoms with Gasteiger partial charge in [0.1, 0.15) is 30.8 Å². The number of Topliss-reactive ketones (excluding diaryl/α,β-unsaturated/α-hetero) is 2. The van der Waals surface area contributed by atoms with Crippen molar-refractivity contribution < 1.29 is 72.7 Å². The second kappa shape index (κ2) is 24.9. The molecule has 1 aromatic carbocycles. The minimum atomic E-state index is -1.82. The summed E-state index contributed by atoms with van der Waals surface area (Å²) in [5.41, 5.74) is 16.5. The van der Waals surface area contributed by atoms with Crippen LogP contribution in [0.2, 0.25) is 0 Å². The number of aromatic nitrogens is 4. The fourth-order valence-electron chi connectivity index (χ4n) is 9.17. The molecule has 4 aliphatic rings. The summed E-state index contributed by atoms with van der Waals surface area (Å²) in [4.78, 5) is 156. The molecule has 3 aliphatic heterocycles. The highest BCUT2D eigenvalue weighted by Gasteiger charge is 2.72. The first-order chi connectivity index (χ1) is 37.5. The molecule has 0 saturated carbocycles. The summed E-state index contributed by atoms with van der Waals surface area (Å²) in [6, 6.07) is -0.832. The number of carbonyl (C=O) groups excluding carboxylic acids is 7. The van der Waals surface area contributed by atoms with Gasteiger partial charge in [0, 0.05) is 73.1 Å². The summed E-state index contributed by atoms with van der Waals surface area (Å²) >= 11 is 0. The van der Waals surface area contributed by atoms with Crippen LogP contribution in [0.5, 0.6) is 0 Å². The molecular weight excluding hydrogens is 1080 g/mol. The number of piperazine rings is 1. The Kier molecular flexibility index (Phi) is 18.4. The number of nitrogens with one attached hydrogen (secondary N) is 8. The van der Waals surface area contributed by atoms with Crippen molar-refractivity contribution in [3.8, 4) is 0 Å². The van der Waals surface area contributed by atoms with Crippen LogP contribution in [0, 0.1) is 5.92 Å². The molecule has 1 unspecified atom stereocenters. The number of ketones is 2. The van der Waals surface area contributed by atoms with Gasteiger partial charge in [0.2, 0.25) is 35.2 Å². The number of H-pyrrole nitrogens is 1. The van der Waals surface area contributed by atoms with Crippen LogP contribution < -0.4 is 60.0 Å². The lowest BCUT2D eigenvalue weighted by Crippen LogP contribution is -2.57. The highest BCUT2D eigenvalue weighted by atomic mass is 33.1. The number of hydrogen-bond acceptors (Lipinski definition) is 24. The molecule has 0 bridgehead atoms. The molecule has 2 fully saturated rings. The Morgan fingerprint density at radius 3 is 2.30 bits per heavy atom. The molecule has 422 valence electrons. The van der Waals surface area contributed by atoms with Crippen molar-refractivity contribution >= 4 is 104 Å².